The molecule has 1 aromatic heterocycles. The van der Waals surface area contributed by atoms with Crippen LogP contribution in [0.2, 0.25) is 0 Å². The zero-order valence-electron chi connectivity index (χ0n) is 18.4. The Hall–Kier alpha value is -4.60. The second-order valence-electron chi connectivity index (χ2n) is 7.27. The molecule has 0 bridgehead atoms. The molecule has 0 aliphatic carbocycles. The molecular weight excluding hydrogens is 439 g/mol. The summed E-state index contributed by atoms with van der Waals surface area (Å²) in [6.07, 6.45) is 0. The van der Waals surface area contributed by atoms with Crippen molar-refractivity contribution in [3.8, 4) is 17.2 Å². The van der Waals surface area contributed by atoms with Gasteiger partial charge in [0, 0.05) is 28.9 Å². The van der Waals surface area contributed by atoms with Crippen LogP contribution in [-0.2, 0) is 0 Å². The number of para-hydroxylation sites is 1. The summed E-state index contributed by atoms with van der Waals surface area (Å²) >= 11 is 0. The monoisotopic (exact) mass is 461 g/mol. The van der Waals surface area contributed by atoms with Gasteiger partial charge in [-0.05, 0) is 36.4 Å². The van der Waals surface area contributed by atoms with Crippen molar-refractivity contribution in [2.75, 3.05) is 19.5 Å². The number of benzene rings is 3. The molecule has 4 aromatic rings. The molecule has 10 heteroatoms. The van der Waals surface area contributed by atoms with Crippen LogP contribution in [0.4, 0.5) is 10.1 Å². The Morgan fingerprint density at radius 1 is 1.18 bits per heavy atom. The number of H-pyrrole nitrogens is 1. The van der Waals surface area contributed by atoms with Gasteiger partial charge in [-0.1, -0.05) is 18.2 Å². The van der Waals surface area contributed by atoms with Crippen molar-refractivity contribution in [2.45, 2.75) is 6.04 Å². The average molecular weight is 461 g/mol. The summed E-state index contributed by atoms with van der Waals surface area (Å²) in [4.78, 5) is 15.4. The maximum Gasteiger partial charge on any atom is 0.348 e. The second kappa shape index (κ2) is 9.49. The fourth-order valence-corrected chi connectivity index (χ4v) is 3.45. The minimum atomic E-state index is -0.902. The van der Waals surface area contributed by atoms with E-state index in [0.29, 0.717) is 22.7 Å². The summed E-state index contributed by atoms with van der Waals surface area (Å²) in [5.41, 5.74) is 6.77. The molecule has 9 nitrogen and oxygen atoms in total. The summed E-state index contributed by atoms with van der Waals surface area (Å²) in [7, 11) is 2.86. The van der Waals surface area contributed by atoms with E-state index in [1.807, 2.05) is 0 Å². The van der Waals surface area contributed by atoms with E-state index in [9.17, 15) is 4.79 Å². The molecular formula is C24H22FN6O3. The van der Waals surface area contributed by atoms with E-state index in [1.165, 1.54) is 26.4 Å². The van der Waals surface area contributed by atoms with E-state index in [2.05, 4.69) is 21.5 Å². The zero-order chi connectivity index (χ0) is 24.2. The molecule has 5 N–H and O–H groups in total. The summed E-state index contributed by atoms with van der Waals surface area (Å²) < 4.78 is 26.9. The number of anilines is 1. The fraction of sp³-hybridized carbons (Fsp3) is 0.125. The molecule has 0 saturated carbocycles. The van der Waals surface area contributed by atoms with Crippen molar-refractivity contribution < 1.29 is 13.9 Å². The predicted molar refractivity (Wildman–Crippen MR) is 125 cm³/mol. The number of aromatic amines is 1. The number of amidine groups is 1. The van der Waals surface area contributed by atoms with E-state index in [0.717, 1.165) is 4.68 Å². The van der Waals surface area contributed by atoms with Gasteiger partial charge in [-0.25, -0.2) is 9.18 Å². The molecule has 0 saturated heterocycles. The Labute approximate surface area is 194 Å². The standard InChI is InChI=1S/C24H22FN6O3/c1-33-19-12-17(18(25)13-20(19)34-2)21(28-15-10-8-14(9-11-15)22(26)27)23-29-24(32)31(30-23)16-6-4-3-5-7-16/h3-6,8-13,21,28H,1-2H3,(H3,26,27)(H,29,30,32). The first-order valence-corrected chi connectivity index (χ1v) is 10.2. The van der Waals surface area contributed by atoms with Gasteiger partial charge in [0.05, 0.1) is 19.9 Å². The highest BCUT2D eigenvalue weighted by Crippen LogP contribution is 2.35. The van der Waals surface area contributed by atoms with Crippen LogP contribution in [0.15, 0.2) is 65.5 Å². The van der Waals surface area contributed by atoms with Crippen molar-refractivity contribution in [1.29, 1.82) is 5.41 Å². The molecule has 1 heterocycles. The smallest absolute Gasteiger partial charge is 0.348 e. The molecule has 173 valence electrons. The van der Waals surface area contributed by atoms with E-state index >= 15 is 4.39 Å². The Morgan fingerprint density at radius 3 is 2.50 bits per heavy atom. The molecule has 0 spiro atoms. The van der Waals surface area contributed by atoms with Crippen LogP contribution in [-0.4, -0.2) is 34.8 Å². The van der Waals surface area contributed by atoms with Crippen LogP contribution in [0.1, 0.15) is 23.0 Å². The highest BCUT2D eigenvalue weighted by atomic mass is 19.1. The largest absolute Gasteiger partial charge is 0.493 e. The van der Waals surface area contributed by atoms with Crippen LogP contribution in [0.3, 0.4) is 0 Å². The number of nitrogens with one attached hydrogen (secondary N) is 3. The van der Waals surface area contributed by atoms with Crippen molar-refractivity contribution in [2.24, 2.45) is 5.73 Å². The lowest BCUT2D eigenvalue weighted by molar-refractivity contribution is 0.351. The number of rotatable bonds is 8. The number of methoxy groups -OCH3 is 2. The molecule has 0 amide bonds. The van der Waals surface area contributed by atoms with E-state index in [4.69, 9.17) is 20.6 Å². The quantitative estimate of drug-likeness (QED) is 0.236. The van der Waals surface area contributed by atoms with Crippen LogP contribution >= 0.6 is 0 Å². The van der Waals surface area contributed by atoms with Gasteiger partial charge in [0.1, 0.15) is 17.7 Å². The van der Waals surface area contributed by atoms with Crippen LogP contribution < -0.4 is 26.2 Å². The summed E-state index contributed by atoms with van der Waals surface area (Å²) in [6.45, 7) is 0. The number of aromatic nitrogens is 3. The molecule has 1 atom stereocenters. The molecule has 0 aliphatic rings. The first kappa shape index (κ1) is 22.6. The highest BCUT2D eigenvalue weighted by Gasteiger charge is 2.25. The zero-order valence-corrected chi connectivity index (χ0v) is 18.4. The van der Waals surface area contributed by atoms with Gasteiger partial charge in [0.2, 0.25) is 0 Å². The lowest BCUT2D eigenvalue weighted by atomic mass is 10.0. The summed E-state index contributed by atoms with van der Waals surface area (Å²) in [6, 6.07) is 18.3. The fourth-order valence-electron chi connectivity index (χ4n) is 3.45. The number of nitrogen functional groups attached to an aromatic ring is 1. The number of hydrogen-bond acceptors (Lipinski definition) is 6. The minimum Gasteiger partial charge on any atom is -0.493 e. The number of nitrogens with zero attached hydrogens (tertiary/aromatic N) is 2. The Morgan fingerprint density at radius 2 is 1.88 bits per heavy atom. The van der Waals surface area contributed by atoms with E-state index in [-0.39, 0.29) is 23.0 Å². The van der Waals surface area contributed by atoms with Gasteiger partial charge in [-0.2, -0.15) is 4.68 Å². The molecule has 4 rings (SSSR count). The average Bonchev–Trinajstić information content (AvgIpc) is 3.24. The molecule has 1 unspecified atom stereocenters. The lowest BCUT2D eigenvalue weighted by Crippen LogP contribution is -2.17. The van der Waals surface area contributed by atoms with Crippen molar-refractivity contribution in [1.82, 2.24) is 14.8 Å². The predicted octanol–water partition coefficient (Wildman–Crippen LogP) is 3.00. The number of halogens is 1. The molecule has 0 aliphatic heterocycles. The normalized spacial score (nSPS) is 11.6. The van der Waals surface area contributed by atoms with Crippen LogP contribution in [0.5, 0.6) is 11.5 Å². The Bertz CT molecular complexity index is 1370. The van der Waals surface area contributed by atoms with Crippen molar-refractivity contribution in [3.05, 3.63) is 100.0 Å². The third kappa shape index (κ3) is 4.46. The lowest BCUT2D eigenvalue weighted by Gasteiger charge is -2.20. The molecule has 0 fully saturated rings. The summed E-state index contributed by atoms with van der Waals surface area (Å²) in [5, 5.41) is 15.2. The van der Waals surface area contributed by atoms with E-state index in [1.54, 1.807) is 48.5 Å². The van der Waals surface area contributed by atoms with Gasteiger partial charge in [-0.15, -0.1) is 5.10 Å². The first-order valence-electron chi connectivity index (χ1n) is 10.2. The summed E-state index contributed by atoms with van der Waals surface area (Å²) in [5.74, 6) is 0.0550. The number of nitrogens with two attached hydrogens (primary N) is 1. The topological polar surface area (TPSA) is 131 Å². The second-order valence-corrected chi connectivity index (χ2v) is 7.27. The number of ether oxygens (including phenoxy) is 2. The van der Waals surface area contributed by atoms with Crippen molar-refractivity contribution >= 4 is 11.5 Å². The SMILES string of the molecule is COc1cc(F)c(C(Nc2ccc(C(=N)N)cc2)c2nn(-c3[c]cccc3)c(=O)[nH]2)cc1OC. The maximum atomic E-state index is 15.2. The van der Waals surface area contributed by atoms with Crippen LogP contribution in [0.25, 0.3) is 5.69 Å². The number of hydrogen-bond donors (Lipinski definition) is 4. The van der Waals surface area contributed by atoms with Crippen LogP contribution in [0, 0.1) is 17.3 Å². The minimum absolute atomic E-state index is 0.0729. The molecule has 34 heavy (non-hydrogen) atoms. The molecule has 3 aromatic carbocycles. The van der Waals surface area contributed by atoms with Gasteiger partial charge < -0.3 is 20.5 Å². The van der Waals surface area contributed by atoms with Gasteiger partial charge >= 0.3 is 5.69 Å². The van der Waals surface area contributed by atoms with Crippen molar-refractivity contribution in [3.63, 3.8) is 0 Å². The Balaban J connectivity index is 1.82. The van der Waals surface area contributed by atoms with Gasteiger partial charge in [0.25, 0.3) is 0 Å². The first-order chi connectivity index (χ1) is 16.4. The maximum absolute atomic E-state index is 15.2. The third-order valence-corrected chi connectivity index (χ3v) is 5.15. The third-order valence-electron chi connectivity index (χ3n) is 5.15. The van der Waals surface area contributed by atoms with Gasteiger partial charge in [-0.3, -0.25) is 10.4 Å². The highest BCUT2D eigenvalue weighted by molar-refractivity contribution is 5.95. The van der Waals surface area contributed by atoms with Gasteiger partial charge in [0.15, 0.2) is 17.3 Å². The van der Waals surface area contributed by atoms with E-state index < -0.39 is 17.5 Å². The Kier molecular flexibility index (Phi) is 6.30. The molecule has 1 radical (unpaired) electrons.